The number of nitrogen functional groups attached to an aromatic ring is 1. The van der Waals surface area contributed by atoms with Crippen LogP contribution in [-0.4, -0.2) is 25.3 Å². The van der Waals surface area contributed by atoms with Crippen LogP contribution in [0.2, 0.25) is 0 Å². The van der Waals surface area contributed by atoms with Gasteiger partial charge in [0, 0.05) is 5.75 Å². The van der Waals surface area contributed by atoms with Gasteiger partial charge in [0.1, 0.15) is 5.52 Å². The van der Waals surface area contributed by atoms with Crippen LogP contribution in [0.3, 0.4) is 0 Å². The van der Waals surface area contributed by atoms with Crippen molar-refractivity contribution in [3.63, 3.8) is 0 Å². The second-order valence-corrected chi connectivity index (χ2v) is 6.83. The minimum Gasteiger partial charge on any atom is -0.382 e. The molecule has 0 amide bonds. The molecule has 0 aliphatic carbocycles. The van der Waals surface area contributed by atoms with Crippen molar-refractivity contribution in [3.8, 4) is 0 Å². The highest BCUT2D eigenvalue weighted by Gasteiger charge is 2.14. The molecular weight excluding hydrogens is 334 g/mol. The molecule has 0 fully saturated rings. The van der Waals surface area contributed by atoms with Crippen molar-refractivity contribution in [2.45, 2.75) is 45.3 Å². The summed E-state index contributed by atoms with van der Waals surface area (Å²) in [5.74, 6) is 1.20. The standard InChI is InChI=1S/C18H25N5OS/c1-5-10-25-17-21-15(19)14-16(22-17)23(18(24)20-14)11-13(7-3)9-8-12(4)6-2/h7-9H,3,5-6,10-11H2,1-2,4H3,(H,20,24)(H2,19,21,22)/b12-8-,13-9+. The molecule has 7 heteroatoms. The Morgan fingerprint density at radius 2 is 2.12 bits per heavy atom. The van der Waals surface area contributed by atoms with E-state index in [4.69, 9.17) is 5.73 Å². The normalized spacial score (nSPS) is 12.8. The number of anilines is 1. The maximum atomic E-state index is 12.4. The van der Waals surface area contributed by atoms with E-state index in [0.29, 0.717) is 28.7 Å². The third kappa shape index (κ3) is 4.63. The Labute approximate surface area is 151 Å². The molecule has 0 atom stereocenters. The maximum absolute atomic E-state index is 12.4. The SMILES string of the molecule is C=C/C(=C\C=C(\C)CC)Cn1c(=O)[nH]c2c(N)nc(SCCC)nc21. The van der Waals surface area contributed by atoms with Gasteiger partial charge in [-0.15, -0.1) is 0 Å². The molecule has 0 aliphatic rings. The third-order valence-electron chi connectivity index (χ3n) is 3.81. The number of thioether (sulfide) groups is 1. The number of aromatic nitrogens is 4. The Hall–Kier alpha value is -2.28. The highest BCUT2D eigenvalue weighted by atomic mass is 32.2. The number of fused-ring (bicyclic) bond motifs is 1. The molecule has 0 saturated heterocycles. The van der Waals surface area contributed by atoms with Crippen molar-refractivity contribution in [1.29, 1.82) is 0 Å². The first kappa shape index (κ1) is 19.1. The monoisotopic (exact) mass is 359 g/mol. The van der Waals surface area contributed by atoms with E-state index >= 15 is 0 Å². The summed E-state index contributed by atoms with van der Waals surface area (Å²) in [4.78, 5) is 23.9. The molecule has 6 nitrogen and oxygen atoms in total. The van der Waals surface area contributed by atoms with Crippen LogP contribution in [0.15, 0.2) is 45.9 Å². The Bertz CT molecular complexity index is 875. The first-order chi connectivity index (χ1) is 12.0. The highest BCUT2D eigenvalue weighted by Crippen LogP contribution is 2.21. The van der Waals surface area contributed by atoms with Gasteiger partial charge in [-0.2, -0.15) is 0 Å². The van der Waals surface area contributed by atoms with Gasteiger partial charge in [-0.05, 0) is 25.3 Å². The van der Waals surface area contributed by atoms with E-state index < -0.39 is 0 Å². The van der Waals surface area contributed by atoms with E-state index in [1.807, 2.05) is 12.2 Å². The Balaban J connectivity index is 2.46. The lowest BCUT2D eigenvalue weighted by Crippen LogP contribution is -2.18. The van der Waals surface area contributed by atoms with Gasteiger partial charge in [0.2, 0.25) is 0 Å². The highest BCUT2D eigenvalue weighted by molar-refractivity contribution is 7.99. The zero-order valence-electron chi connectivity index (χ0n) is 15.0. The van der Waals surface area contributed by atoms with Crippen LogP contribution in [0.1, 0.15) is 33.6 Å². The molecule has 0 radical (unpaired) electrons. The Morgan fingerprint density at radius 1 is 1.36 bits per heavy atom. The Kier molecular flexibility index (Phi) is 6.64. The molecule has 2 rings (SSSR count). The quantitative estimate of drug-likeness (QED) is 0.426. The first-order valence-corrected chi connectivity index (χ1v) is 9.36. The average Bonchev–Trinajstić information content (AvgIpc) is 2.92. The summed E-state index contributed by atoms with van der Waals surface area (Å²) < 4.78 is 1.58. The van der Waals surface area contributed by atoms with Crippen LogP contribution in [0.4, 0.5) is 5.82 Å². The van der Waals surface area contributed by atoms with E-state index in [9.17, 15) is 4.79 Å². The van der Waals surface area contributed by atoms with Crippen molar-refractivity contribution in [2.75, 3.05) is 11.5 Å². The maximum Gasteiger partial charge on any atom is 0.328 e. The molecule has 2 heterocycles. The molecule has 134 valence electrons. The molecule has 0 saturated carbocycles. The summed E-state index contributed by atoms with van der Waals surface area (Å²) >= 11 is 1.53. The molecule has 0 bridgehead atoms. The summed E-state index contributed by atoms with van der Waals surface area (Å²) in [5, 5.41) is 0.588. The van der Waals surface area contributed by atoms with Gasteiger partial charge in [0.25, 0.3) is 0 Å². The van der Waals surface area contributed by atoms with Crippen LogP contribution in [0, 0.1) is 0 Å². The number of H-pyrrole nitrogens is 1. The van der Waals surface area contributed by atoms with Gasteiger partial charge in [-0.1, -0.05) is 56.0 Å². The van der Waals surface area contributed by atoms with Crippen LogP contribution in [0.5, 0.6) is 0 Å². The van der Waals surface area contributed by atoms with Crippen molar-refractivity contribution in [3.05, 3.63) is 46.4 Å². The second-order valence-electron chi connectivity index (χ2n) is 5.77. The van der Waals surface area contributed by atoms with Gasteiger partial charge in [0.05, 0.1) is 6.54 Å². The zero-order valence-corrected chi connectivity index (χ0v) is 15.8. The minimum absolute atomic E-state index is 0.252. The van der Waals surface area contributed by atoms with Gasteiger partial charge in [-0.25, -0.2) is 14.8 Å². The van der Waals surface area contributed by atoms with Gasteiger partial charge < -0.3 is 10.7 Å². The van der Waals surface area contributed by atoms with E-state index in [1.54, 1.807) is 10.6 Å². The van der Waals surface area contributed by atoms with E-state index in [2.05, 4.69) is 42.3 Å². The number of hydrogen-bond donors (Lipinski definition) is 2. The predicted molar refractivity (Wildman–Crippen MR) is 106 cm³/mol. The molecule has 25 heavy (non-hydrogen) atoms. The average molecular weight is 359 g/mol. The predicted octanol–water partition coefficient (Wildman–Crippen LogP) is 3.67. The van der Waals surface area contributed by atoms with Crippen LogP contribution in [0.25, 0.3) is 11.2 Å². The fourth-order valence-corrected chi connectivity index (χ4v) is 2.87. The zero-order chi connectivity index (χ0) is 18.4. The number of nitrogens with one attached hydrogen (secondary N) is 1. The summed E-state index contributed by atoms with van der Waals surface area (Å²) in [7, 11) is 0. The fraction of sp³-hybridized carbons (Fsp3) is 0.389. The smallest absolute Gasteiger partial charge is 0.328 e. The Morgan fingerprint density at radius 3 is 2.76 bits per heavy atom. The van der Waals surface area contributed by atoms with E-state index in [1.165, 1.54) is 17.3 Å². The largest absolute Gasteiger partial charge is 0.382 e. The number of aromatic amines is 1. The molecule has 0 unspecified atom stereocenters. The van der Waals surface area contributed by atoms with Gasteiger partial charge in [0.15, 0.2) is 16.6 Å². The number of rotatable bonds is 8. The summed E-state index contributed by atoms with van der Waals surface area (Å²) in [6.07, 6.45) is 7.77. The van der Waals surface area contributed by atoms with Crippen LogP contribution >= 0.6 is 11.8 Å². The number of allylic oxidation sites excluding steroid dienone is 5. The lowest BCUT2D eigenvalue weighted by Gasteiger charge is -2.06. The fourth-order valence-electron chi connectivity index (χ4n) is 2.17. The minimum atomic E-state index is -0.252. The number of hydrogen-bond acceptors (Lipinski definition) is 5. The molecule has 0 aromatic carbocycles. The van der Waals surface area contributed by atoms with Gasteiger partial charge in [-0.3, -0.25) is 4.57 Å². The van der Waals surface area contributed by atoms with Crippen molar-refractivity contribution in [1.82, 2.24) is 19.5 Å². The lowest BCUT2D eigenvalue weighted by atomic mass is 10.1. The number of nitrogens with zero attached hydrogens (tertiary/aromatic N) is 3. The van der Waals surface area contributed by atoms with Gasteiger partial charge >= 0.3 is 5.69 Å². The van der Waals surface area contributed by atoms with Crippen molar-refractivity contribution < 1.29 is 0 Å². The molecule has 3 N–H and O–H groups in total. The topological polar surface area (TPSA) is 89.6 Å². The molecule has 2 aromatic rings. The second kappa shape index (κ2) is 8.71. The summed E-state index contributed by atoms with van der Waals surface area (Å²) in [6.45, 7) is 10.5. The summed E-state index contributed by atoms with van der Waals surface area (Å²) in [6, 6.07) is 0. The number of nitrogens with two attached hydrogens (primary N) is 1. The molecule has 2 aromatic heterocycles. The van der Waals surface area contributed by atoms with E-state index in [0.717, 1.165) is 24.2 Å². The van der Waals surface area contributed by atoms with Crippen LogP contribution in [-0.2, 0) is 6.54 Å². The molecule has 0 aliphatic heterocycles. The molecular formula is C18H25N5OS. The number of imidazole rings is 1. The summed E-state index contributed by atoms with van der Waals surface area (Å²) in [5.41, 5.74) is 8.94. The van der Waals surface area contributed by atoms with Crippen LogP contribution < -0.4 is 11.4 Å². The molecule has 0 spiro atoms. The van der Waals surface area contributed by atoms with Crippen molar-refractivity contribution >= 4 is 28.7 Å². The third-order valence-corrected chi connectivity index (χ3v) is 4.86. The first-order valence-electron chi connectivity index (χ1n) is 8.37. The lowest BCUT2D eigenvalue weighted by molar-refractivity contribution is 0.770. The van der Waals surface area contributed by atoms with Crippen molar-refractivity contribution in [2.24, 2.45) is 0 Å². The van der Waals surface area contributed by atoms with E-state index in [-0.39, 0.29) is 5.69 Å².